The monoisotopic (exact) mass is 501 g/mol. The fraction of sp³-hybridized carbons (Fsp3) is 0.368. The zero-order chi connectivity index (χ0) is 22.3. The Bertz CT molecular complexity index is 886. The van der Waals surface area contributed by atoms with Crippen LogP contribution in [0.15, 0.2) is 21.5 Å². The number of hydrogen-bond acceptors (Lipinski definition) is 9. The van der Waals surface area contributed by atoms with Gasteiger partial charge in [0.1, 0.15) is 6.54 Å². The number of amides is 2. The SMILES string of the molecule is CCOC(=O)COc1cc(Br)c(/C=C2/SC(=O)N(CC(=O)OCC)C2=O)cc1OC. The number of imide groups is 1. The van der Waals surface area contributed by atoms with E-state index in [0.29, 0.717) is 21.5 Å². The summed E-state index contributed by atoms with van der Waals surface area (Å²) in [6.45, 7) is 2.99. The van der Waals surface area contributed by atoms with Crippen molar-refractivity contribution in [3.8, 4) is 11.5 Å². The third-order valence-corrected chi connectivity index (χ3v) is 5.28. The van der Waals surface area contributed by atoms with Crippen molar-refractivity contribution < 1.29 is 38.1 Å². The second kappa shape index (κ2) is 11.0. The Morgan fingerprint density at radius 3 is 2.40 bits per heavy atom. The molecule has 1 aromatic rings. The molecule has 2 amide bonds. The van der Waals surface area contributed by atoms with Crippen LogP contribution in [-0.2, 0) is 23.9 Å². The molecule has 0 aliphatic carbocycles. The van der Waals surface area contributed by atoms with Crippen LogP contribution in [0.5, 0.6) is 11.5 Å². The smallest absolute Gasteiger partial charge is 0.344 e. The van der Waals surface area contributed by atoms with Crippen LogP contribution in [0.1, 0.15) is 19.4 Å². The van der Waals surface area contributed by atoms with Gasteiger partial charge in [0, 0.05) is 4.47 Å². The Balaban J connectivity index is 2.22. The van der Waals surface area contributed by atoms with E-state index in [1.54, 1.807) is 26.0 Å². The van der Waals surface area contributed by atoms with Crippen molar-refractivity contribution in [3.05, 3.63) is 27.1 Å². The molecule has 1 aliphatic heterocycles. The van der Waals surface area contributed by atoms with E-state index in [9.17, 15) is 19.2 Å². The van der Waals surface area contributed by atoms with E-state index in [0.717, 1.165) is 16.7 Å². The standard InChI is InChI=1S/C19H20BrNO8S/c1-4-27-16(22)9-21-18(24)15(30-19(21)25)7-11-6-13(26-3)14(8-12(11)20)29-10-17(23)28-5-2/h6-8H,4-5,9-10H2,1-3H3/b15-7+. The van der Waals surface area contributed by atoms with E-state index in [1.165, 1.54) is 13.2 Å². The molecule has 0 spiro atoms. The minimum Gasteiger partial charge on any atom is -0.493 e. The van der Waals surface area contributed by atoms with Gasteiger partial charge >= 0.3 is 11.9 Å². The van der Waals surface area contributed by atoms with Gasteiger partial charge < -0.3 is 18.9 Å². The van der Waals surface area contributed by atoms with Gasteiger partial charge in [0.25, 0.3) is 11.1 Å². The molecule has 0 radical (unpaired) electrons. The molecule has 11 heteroatoms. The molecule has 1 fully saturated rings. The number of rotatable bonds is 9. The van der Waals surface area contributed by atoms with Gasteiger partial charge in [-0.05, 0) is 49.4 Å². The molecule has 0 saturated carbocycles. The van der Waals surface area contributed by atoms with Crippen molar-refractivity contribution in [2.24, 2.45) is 0 Å². The molecule has 0 bridgehead atoms. The summed E-state index contributed by atoms with van der Waals surface area (Å²) < 4.78 is 20.9. The van der Waals surface area contributed by atoms with Crippen molar-refractivity contribution >= 4 is 56.9 Å². The van der Waals surface area contributed by atoms with Gasteiger partial charge in [0.15, 0.2) is 18.1 Å². The second-order valence-corrected chi connectivity index (χ2v) is 7.54. The Morgan fingerprint density at radius 1 is 1.10 bits per heavy atom. The Labute approximate surface area is 185 Å². The highest BCUT2D eigenvalue weighted by atomic mass is 79.9. The Hall–Kier alpha value is -2.53. The lowest BCUT2D eigenvalue weighted by Gasteiger charge is -2.13. The van der Waals surface area contributed by atoms with Crippen molar-refractivity contribution in [1.29, 1.82) is 0 Å². The molecule has 0 N–H and O–H groups in total. The highest BCUT2D eigenvalue weighted by Crippen LogP contribution is 2.38. The number of carbonyl (C=O) groups is 4. The molecule has 1 saturated heterocycles. The van der Waals surface area contributed by atoms with E-state index in [4.69, 9.17) is 18.9 Å². The fourth-order valence-electron chi connectivity index (χ4n) is 2.39. The van der Waals surface area contributed by atoms with E-state index in [1.807, 2.05) is 0 Å². The quantitative estimate of drug-likeness (QED) is 0.372. The van der Waals surface area contributed by atoms with Gasteiger partial charge in [-0.25, -0.2) is 4.79 Å². The van der Waals surface area contributed by atoms with Crippen molar-refractivity contribution in [1.82, 2.24) is 4.90 Å². The van der Waals surface area contributed by atoms with Crippen LogP contribution in [0, 0.1) is 0 Å². The van der Waals surface area contributed by atoms with Crippen LogP contribution in [0.3, 0.4) is 0 Å². The molecular weight excluding hydrogens is 482 g/mol. The highest BCUT2D eigenvalue weighted by molar-refractivity contribution is 9.10. The number of thioether (sulfide) groups is 1. The van der Waals surface area contributed by atoms with E-state index < -0.39 is 29.6 Å². The predicted octanol–water partition coefficient (Wildman–Crippen LogP) is 3.00. The van der Waals surface area contributed by atoms with Crippen LogP contribution < -0.4 is 9.47 Å². The van der Waals surface area contributed by atoms with Gasteiger partial charge in [0.05, 0.1) is 25.2 Å². The lowest BCUT2D eigenvalue weighted by atomic mass is 10.2. The third-order valence-electron chi connectivity index (χ3n) is 3.69. The fourth-order valence-corrected chi connectivity index (χ4v) is 3.65. The third kappa shape index (κ3) is 5.99. The molecule has 1 aromatic carbocycles. The maximum Gasteiger partial charge on any atom is 0.344 e. The van der Waals surface area contributed by atoms with Crippen molar-refractivity contribution in [3.63, 3.8) is 0 Å². The number of halogens is 1. The number of esters is 2. The van der Waals surface area contributed by atoms with Gasteiger partial charge in [-0.2, -0.15) is 0 Å². The maximum absolute atomic E-state index is 12.5. The van der Waals surface area contributed by atoms with E-state index in [-0.39, 0.29) is 24.7 Å². The van der Waals surface area contributed by atoms with Crippen LogP contribution in [0.2, 0.25) is 0 Å². The van der Waals surface area contributed by atoms with Gasteiger partial charge in [-0.15, -0.1) is 0 Å². The number of carbonyl (C=O) groups excluding carboxylic acids is 4. The molecule has 2 rings (SSSR count). The molecule has 9 nitrogen and oxygen atoms in total. The first-order valence-electron chi connectivity index (χ1n) is 8.87. The summed E-state index contributed by atoms with van der Waals surface area (Å²) in [5.74, 6) is -1.15. The molecule has 1 heterocycles. The highest BCUT2D eigenvalue weighted by Gasteiger charge is 2.36. The minimum absolute atomic E-state index is 0.146. The summed E-state index contributed by atoms with van der Waals surface area (Å²) in [5.41, 5.74) is 0.539. The summed E-state index contributed by atoms with van der Waals surface area (Å²) in [5, 5.41) is -0.559. The van der Waals surface area contributed by atoms with Crippen molar-refractivity contribution in [2.45, 2.75) is 13.8 Å². The first-order valence-corrected chi connectivity index (χ1v) is 10.5. The topological polar surface area (TPSA) is 108 Å². The number of ether oxygens (including phenoxy) is 4. The predicted molar refractivity (Wildman–Crippen MR) is 112 cm³/mol. The number of benzene rings is 1. The summed E-state index contributed by atoms with van der Waals surface area (Å²) in [6.07, 6.45) is 1.50. The lowest BCUT2D eigenvalue weighted by Crippen LogP contribution is -2.34. The molecule has 0 unspecified atom stereocenters. The first-order chi connectivity index (χ1) is 14.3. The average Bonchev–Trinajstić information content (AvgIpc) is 2.95. The number of hydrogen-bond donors (Lipinski definition) is 0. The normalized spacial score (nSPS) is 14.8. The molecule has 0 aromatic heterocycles. The van der Waals surface area contributed by atoms with Crippen molar-refractivity contribution in [2.75, 3.05) is 33.5 Å². The molecule has 30 heavy (non-hydrogen) atoms. The molecule has 1 aliphatic rings. The summed E-state index contributed by atoms with van der Waals surface area (Å²) in [4.78, 5) is 48.7. The minimum atomic E-state index is -0.660. The second-order valence-electron chi connectivity index (χ2n) is 5.69. The van der Waals surface area contributed by atoms with E-state index in [2.05, 4.69) is 15.9 Å². The number of methoxy groups -OCH3 is 1. The average molecular weight is 502 g/mol. The van der Waals surface area contributed by atoms with Crippen LogP contribution in [0.4, 0.5) is 4.79 Å². The molecule has 0 atom stereocenters. The number of nitrogens with zero attached hydrogens (tertiary/aromatic N) is 1. The largest absolute Gasteiger partial charge is 0.493 e. The van der Waals surface area contributed by atoms with Gasteiger partial charge in [-0.1, -0.05) is 15.9 Å². The van der Waals surface area contributed by atoms with Gasteiger partial charge in [0.2, 0.25) is 0 Å². The van der Waals surface area contributed by atoms with Crippen LogP contribution in [-0.4, -0.2) is 61.5 Å². The molecule has 162 valence electrons. The first kappa shape index (κ1) is 23.7. The zero-order valence-electron chi connectivity index (χ0n) is 16.6. The molecular formula is C19H20BrNO8S. The lowest BCUT2D eigenvalue weighted by molar-refractivity contribution is -0.146. The summed E-state index contributed by atoms with van der Waals surface area (Å²) >= 11 is 4.10. The van der Waals surface area contributed by atoms with Gasteiger partial charge in [-0.3, -0.25) is 19.3 Å². The summed E-state index contributed by atoms with van der Waals surface area (Å²) in [7, 11) is 1.43. The Kier molecular flexibility index (Phi) is 8.72. The zero-order valence-corrected chi connectivity index (χ0v) is 19.0. The summed E-state index contributed by atoms with van der Waals surface area (Å²) in [6, 6.07) is 3.16. The van der Waals surface area contributed by atoms with E-state index >= 15 is 0 Å². The van der Waals surface area contributed by atoms with Crippen LogP contribution in [0.25, 0.3) is 6.08 Å². The van der Waals surface area contributed by atoms with Crippen LogP contribution >= 0.6 is 27.7 Å². The maximum atomic E-state index is 12.5. The Morgan fingerprint density at radius 2 is 1.77 bits per heavy atom.